The first-order valence-electron chi connectivity index (χ1n) is 11.0. The van der Waals surface area contributed by atoms with Crippen LogP contribution in [-0.4, -0.2) is 35.1 Å². The molecule has 0 aromatic heterocycles. The van der Waals surface area contributed by atoms with Crippen LogP contribution in [-0.2, 0) is 6.42 Å². The molecule has 1 fully saturated rings. The minimum absolute atomic E-state index is 0.0142. The predicted molar refractivity (Wildman–Crippen MR) is 117 cm³/mol. The van der Waals surface area contributed by atoms with Gasteiger partial charge in [-0.25, -0.2) is 0 Å². The van der Waals surface area contributed by atoms with Gasteiger partial charge in [0.25, 0.3) is 0 Å². The normalized spacial score (nSPS) is 27.1. The van der Waals surface area contributed by atoms with Gasteiger partial charge in [0.1, 0.15) is 11.9 Å². The molecule has 0 amide bonds. The van der Waals surface area contributed by atoms with Gasteiger partial charge in [0.05, 0.1) is 12.2 Å². The Morgan fingerprint density at radius 1 is 1.31 bits per heavy atom. The SMILES string of the molecule is CC#CC[C@@H](C)[C@H](O)/C=C/[C@@H]1[C@H]2c3cccc(CCCCCN)c3O[C@H]2C[C@H]1O. The Morgan fingerprint density at radius 2 is 2.14 bits per heavy atom. The van der Waals surface area contributed by atoms with E-state index in [0.717, 1.165) is 38.0 Å². The largest absolute Gasteiger partial charge is 0.489 e. The van der Waals surface area contributed by atoms with E-state index in [0.29, 0.717) is 12.8 Å². The van der Waals surface area contributed by atoms with Crippen molar-refractivity contribution in [1.29, 1.82) is 0 Å². The molecule has 158 valence electrons. The molecule has 0 saturated heterocycles. The summed E-state index contributed by atoms with van der Waals surface area (Å²) >= 11 is 0. The van der Waals surface area contributed by atoms with E-state index in [9.17, 15) is 10.2 Å². The van der Waals surface area contributed by atoms with Crippen LogP contribution < -0.4 is 10.5 Å². The number of fused-ring (bicyclic) bond motifs is 3. The molecule has 0 bridgehead atoms. The summed E-state index contributed by atoms with van der Waals surface area (Å²) in [7, 11) is 0. The second-order valence-electron chi connectivity index (χ2n) is 8.48. The molecular weight excluding hydrogens is 362 g/mol. The van der Waals surface area contributed by atoms with Gasteiger partial charge in [-0.1, -0.05) is 43.7 Å². The predicted octanol–water partition coefficient (Wildman–Crippen LogP) is 3.55. The zero-order valence-corrected chi connectivity index (χ0v) is 17.7. The van der Waals surface area contributed by atoms with E-state index in [1.807, 2.05) is 26.0 Å². The molecule has 1 aromatic carbocycles. The van der Waals surface area contributed by atoms with Gasteiger partial charge < -0.3 is 20.7 Å². The highest BCUT2D eigenvalue weighted by Crippen LogP contribution is 2.52. The summed E-state index contributed by atoms with van der Waals surface area (Å²) in [5.41, 5.74) is 8.07. The molecule has 0 spiro atoms. The molecule has 0 unspecified atom stereocenters. The molecular formula is C25H35NO3. The number of nitrogens with two attached hydrogens (primary N) is 1. The van der Waals surface area contributed by atoms with Crippen LogP contribution in [0.4, 0.5) is 0 Å². The smallest absolute Gasteiger partial charge is 0.126 e. The Morgan fingerprint density at radius 3 is 2.90 bits per heavy atom. The minimum atomic E-state index is -0.558. The summed E-state index contributed by atoms with van der Waals surface area (Å²) in [5.74, 6) is 7.11. The van der Waals surface area contributed by atoms with Crippen molar-refractivity contribution >= 4 is 0 Å². The van der Waals surface area contributed by atoms with Crippen LogP contribution in [0.2, 0.25) is 0 Å². The number of hydrogen-bond acceptors (Lipinski definition) is 4. The first-order chi connectivity index (χ1) is 14.1. The molecule has 4 nitrogen and oxygen atoms in total. The third-order valence-corrected chi connectivity index (χ3v) is 6.35. The lowest BCUT2D eigenvalue weighted by atomic mass is 9.86. The van der Waals surface area contributed by atoms with Crippen molar-refractivity contribution in [1.82, 2.24) is 0 Å². The van der Waals surface area contributed by atoms with Gasteiger partial charge in [-0.2, -0.15) is 0 Å². The van der Waals surface area contributed by atoms with Gasteiger partial charge >= 0.3 is 0 Å². The number of aryl methyl sites for hydroxylation is 1. The number of ether oxygens (including phenoxy) is 1. The van der Waals surface area contributed by atoms with Crippen LogP contribution in [0.5, 0.6) is 5.75 Å². The second-order valence-corrected chi connectivity index (χ2v) is 8.48. The Balaban J connectivity index is 1.72. The molecule has 1 aromatic rings. The molecule has 1 saturated carbocycles. The van der Waals surface area contributed by atoms with Crippen LogP contribution in [0.1, 0.15) is 63.0 Å². The van der Waals surface area contributed by atoms with E-state index in [-0.39, 0.29) is 23.9 Å². The first kappa shape index (κ1) is 21.9. The minimum Gasteiger partial charge on any atom is -0.489 e. The fourth-order valence-electron chi connectivity index (χ4n) is 4.62. The number of rotatable bonds is 9. The van der Waals surface area contributed by atoms with E-state index in [1.165, 1.54) is 11.1 Å². The summed E-state index contributed by atoms with van der Waals surface area (Å²) in [6.07, 6.45) is 8.46. The van der Waals surface area contributed by atoms with Crippen molar-refractivity contribution in [3.05, 3.63) is 41.5 Å². The van der Waals surface area contributed by atoms with Gasteiger partial charge in [0.15, 0.2) is 0 Å². The number of hydrogen-bond donors (Lipinski definition) is 3. The Kier molecular flexibility index (Phi) is 7.77. The van der Waals surface area contributed by atoms with Crippen molar-refractivity contribution in [3.63, 3.8) is 0 Å². The van der Waals surface area contributed by atoms with Gasteiger partial charge in [-0.15, -0.1) is 11.8 Å². The van der Waals surface area contributed by atoms with Gasteiger partial charge in [0, 0.05) is 30.2 Å². The summed E-state index contributed by atoms with van der Waals surface area (Å²) in [6.45, 7) is 4.56. The third kappa shape index (κ3) is 5.04. The van der Waals surface area contributed by atoms with Crippen LogP contribution in [0.15, 0.2) is 30.4 Å². The highest BCUT2D eigenvalue weighted by atomic mass is 16.5. The van der Waals surface area contributed by atoms with E-state index in [2.05, 4.69) is 30.0 Å². The maximum Gasteiger partial charge on any atom is 0.126 e. The van der Waals surface area contributed by atoms with Gasteiger partial charge in [-0.05, 0) is 44.2 Å². The lowest BCUT2D eigenvalue weighted by molar-refractivity contribution is 0.134. The monoisotopic (exact) mass is 397 g/mol. The molecule has 29 heavy (non-hydrogen) atoms. The summed E-state index contributed by atoms with van der Waals surface area (Å²) in [6, 6.07) is 6.40. The number of aliphatic hydroxyl groups excluding tert-OH is 2. The molecule has 4 heteroatoms. The highest BCUT2D eigenvalue weighted by Gasteiger charge is 2.48. The fourth-order valence-corrected chi connectivity index (χ4v) is 4.62. The molecule has 6 atom stereocenters. The summed E-state index contributed by atoms with van der Waals surface area (Å²) < 4.78 is 6.33. The van der Waals surface area contributed by atoms with E-state index in [1.54, 1.807) is 0 Å². The number of benzene rings is 1. The maximum absolute atomic E-state index is 10.6. The Hall–Kier alpha value is -1.80. The first-order valence-corrected chi connectivity index (χ1v) is 11.0. The maximum atomic E-state index is 10.6. The Bertz CT molecular complexity index is 763. The van der Waals surface area contributed by atoms with Crippen LogP contribution >= 0.6 is 0 Å². The van der Waals surface area contributed by atoms with Crippen LogP contribution in [0.3, 0.4) is 0 Å². The number of aliphatic hydroxyl groups is 2. The lowest BCUT2D eigenvalue weighted by Gasteiger charge is -2.19. The molecule has 4 N–H and O–H groups in total. The van der Waals surface area contributed by atoms with Crippen molar-refractivity contribution in [2.75, 3.05) is 6.54 Å². The number of unbranched alkanes of at least 4 members (excludes halogenated alkanes) is 2. The molecule has 3 rings (SSSR count). The zero-order valence-electron chi connectivity index (χ0n) is 17.7. The van der Waals surface area contributed by atoms with Crippen molar-refractivity contribution < 1.29 is 14.9 Å². The quantitative estimate of drug-likeness (QED) is 0.338. The van der Waals surface area contributed by atoms with E-state index in [4.69, 9.17) is 10.5 Å². The van der Waals surface area contributed by atoms with Crippen molar-refractivity contribution in [2.24, 2.45) is 17.6 Å². The zero-order chi connectivity index (χ0) is 20.8. The molecule has 2 aliphatic rings. The van der Waals surface area contributed by atoms with Gasteiger partial charge in [-0.3, -0.25) is 0 Å². The molecule has 1 aliphatic carbocycles. The van der Waals surface area contributed by atoms with Crippen LogP contribution in [0, 0.1) is 23.7 Å². The fraction of sp³-hybridized carbons (Fsp3) is 0.600. The molecule has 1 heterocycles. The molecule has 1 aliphatic heterocycles. The standard InChI is InChI=1S/C25H35NO3/c1-3-4-9-17(2)21(27)14-13-19-22(28)16-23-24(19)20-12-8-11-18(25(20)29-23)10-6-5-7-15-26/h8,11-14,17,19,21-24,27-28H,5-7,9-10,15-16,26H2,1-2H3/b14-13+/t17-,19+,21-,22-,23+,24+/m1/s1. The second kappa shape index (κ2) is 10.3. The van der Waals surface area contributed by atoms with E-state index < -0.39 is 12.2 Å². The van der Waals surface area contributed by atoms with Gasteiger partial charge in [0.2, 0.25) is 0 Å². The van der Waals surface area contributed by atoms with E-state index >= 15 is 0 Å². The molecule has 0 radical (unpaired) electrons. The van der Waals surface area contributed by atoms with Crippen molar-refractivity contribution in [3.8, 4) is 17.6 Å². The third-order valence-electron chi connectivity index (χ3n) is 6.35. The highest BCUT2D eigenvalue weighted by molar-refractivity contribution is 5.49. The average molecular weight is 398 g/mol. The summed E-state index contributed by atoms with van der Waals surface area (Å²) in [4.78, 5) is 0. The average Bonchev–Trinajstić information content (AvgIpc) is 3.22. The summed E-state index contributed by atoms with van der Waals surface area (Å²) in [5, 5.41) is 21.1. The van der Waals surface area contributed by atoms with Crippen molar-refractivity contribution in [2.45, 2.75) is 76.6 Å². The lowest BCUT2D eigenvalue weighted by Crippen LogP contribution is -2.19. The van der Waals surface area contributed by atoms with Crippen LogP contribution in [0.25, 0.3) is 0 Å². The number of para-hydroxylation sites is 1. The Labute approximate surface area is 175 Å². The topological polar surface area (TPSA) is 75.7 Å².